The molecule has 1 aromatic carbocycles. The van der Waals surface area contributed by atoms with E-state index in [9.17, 15) is 4.79 Å². The zero-order valence-electron chi connectivity index (χ0n) is 17.8. The number of rotatable bonds is 4. The molecular weight excluding hydrogens is 362 g/mol. The summed E-state index contributed by atoms with van der Waals surface area (Å²) in [6.07, 6.45) is 4.82. The van der Waals surface area contributed by atoms with Crippen molar-refractivity contribution in [3.8, 4) is 11.4 Å². The normalized spacial score (nSPS) is 17.1. The van der Waals surface area contributed by atoms with Crippen LogP contribution in [0.5, 0.6) is 0 Å². The van der Waals surface area contributed by atoms with Crippen LogP contribution in [0.3, 0.4) is 0 Å². The number of benzene rings is 1. The van der Waals surface area contributed by atoms with Crippen molar-refractivity contribution in [2.75, 3.05) is 6.54 Å². The molecule has 6 nitrogen and oxygen atoms in total. The lowest BCUT2D eigenvalue weighted by molar-refractivity contribution is -0.134. The van der Waals surface area contributed by atoms with Crippen LogP contribution in [0.1, 0.15) is 55.1 Å². The molecule has 1 atom stereocenters. The van der Waals surface area contributed by atoms with Crippen LogP contribution in [0.25, 0.3) is 17.2 Å². The van der Waals surface area contributed by atoms with Gasteiger partial charge < -0.3 is 4.90 Å². The highest BCUT2D eigenvalue weighted by Gasteiger charge is 2.26. The fourth-order valence-electron chi connectivity index (χ4n) is 4.38. The number of hydrogen-bond acceptors (Lipinski definition) is 4. The number of amides is 1. The standard InChI is InChI=1S/C23H29N5O/c1-5-19-11-6-7-12-27(19)21(29)14-20-16(3)24-23-25-22(26-28(23)17(20)4)18-10-8-9-15(2)13-18/h8-10,13,19H,5-7,11-12,14H2,1-4H3. The molecule has 0 spiro atoms. The molecule has 1 fully saturated rings. The maximum atomic E-state index is 13.1. The van der Waals surface area contributed by atoms with E-state index in [0.29, 0.717) is 24.1 Å². The lowest BCUT2D eigenvalue weighted by Crippen LogP contribution is -2.44. The number of carbonyl (C=O) groups excluding carboxylic acids is 1. The van der Waals surface area contributed by atoms with E-state index >= 15 is 0 Å². The van der Waals surface area contributed by atoms with Crippen LogP contribution >= 0.6 is 0 Å². The number of likely N-dealkylation sites (tertiary alicyclic amines) is 1. The first-order valence-corrected chi connectivity index (χ1v) is 10.6. The highest BCUT2D eigenvalue weighted by Crippen LogP contribution is 2.23. The first-order chi connectivity index (χ1) is 14.0. The van der Waals surface area contributed by atoms with E-state index < -0.39 is 0 Å². The first-order valence-electron chi connectivity index (χ1n) is 10.6. The molecule has 3 heterocycles. The van der Waals surface area contributed by atoms with E-state index in [0.717, 1.165) is 48.3 Å². The molecule has 0 saturated carbocycles. The molecule has 1 aliphatic heterocycles. The lowest BCUT2D eigenvalue weighted by atomic mass is 9.98. The second-order valence-electron chi connectivity index (χ2n) is 8.10. The van der Waals surface area contributed by atoms with Crippen LogP contribution in [-0.4, -0.2) is 43.0 Å². The van der Waals surface area contributed by atoms with E-state index in [1.54, 1.807) is 4.52 Å². The van der Waals surface area contributed by atoms with Gasteiger partial charge in [-0.15, -0.1) is 5.10 Å². The molecule has 152 valence electrons. The first kappa shape index (κ1) is 19.6. The molecule has 0 bridgehead atoms. The van der Waals surface area contributed by atoms with Crippen LogP contribution in [0.2, 0.25) is 0 Å². The van der Waals surface area contributed by atoms with Gasteiger partial charge in [-0.2, -0.15) is 4.98 Å². The van der Waals surface area contributed by atoms with Gasteiger partial charge in [0.2, 0.25) is 5.91 Å². The molecule has 29 heavy (non-hydrogen) atoms. The van der Waals surface area contributed by atoms with Crippen LogP contribution in [-0.2, 0) is 11.2 Å². The SMILES string of the molecule is CCC1CCCCN1C(=O)Cc1c(C)nc2nc(-c3cccc(C)c3)nn2c1C. The highest BCUT2D eigenvalue weighted by molar-refractivity contribution is 5.80. The van der Waals surface area contributed by atoms with Crippen molar-refractivity contribution in [2.45, 2.75) is 65.8 Å². The zero-order valence-corrected chi connectivity index (χ0v) is 17.8. The minimum atomic E-state index is 0.197. The zero-order chi connectivity index (χ0) is 20.5. The van der Waals surface area contributed by atoms with Gasteiger partial charge in [-0.1, -0.05) is 30.7 Å². The molecule has 4 rings (SSSR count). The van der Waals surface area contributed by atoms with Crippen molar-refractivity contribution < 1.29 is 4.79 Å². The van der Waals surface area contributed by atoms with Gasteiger partial charge in [0.15, 0.2) is 5.82 Å². The minimum absolute atomic E-state index is 0.197. The summed E-state index contributed by atoms with van der Waals surface area (Å²) in [5.74, 6) is 1.44. The molecule has 0 N–H and O–H groups in total. The van der Waals surface area contributed by atoms with E-state index in [-0.39, 0.29) is 5.91 Å². The van der Waals surface area contributed by atoms with E-state index in [1.807, 2.05) is 26.0 Å². The molecule has 1 unspecified atom stereocenters. The summed E-state index contributed by atoms with van der Waals surface area (Å²) in [6.45, 7) is 9.06. The van der Waals surface area contributed by atoms with Crippen LogP contribution in [0.4, 0.5) is 0 Å². The largest absolute Gasteiger partial charge is 0.339 e. The Morgan fingerprint density at radius 3 is 2.76 bits per heavy atom. The molecular formula is C23H29N5O. The minimum Gasteiger partial charge on any atom is -0.339 e. The highest BCUT2D eigenvalue weighted by atomic mass is 16.2. The average molecular weight is 392 g/mol. The monoisotopic (exact) mass is 391 g/mol. The summed E-state index contributed by atoms with van der Waals surface area (Å²) in [5.41, 5.74) is 4.90. The quantitative estimate of drug-likeness (QED) is 0.673. The fraction of sp³-hybridized carbons (Fsp3) is 0.478. The summed E-state index contributed by atoms with van der Waals surface area (Å²) in [4.78, 5) is 24.5. The third-order valence-corrected chi connectivity index (χ3v) is 6.07. The summed E-state index contributed by atoms with van der Waals surface area (Å²) < 4.78 is 1.78. The Bertz CT molecular complexity index is 1050. The molecule has 2 aromatic heterocycles. The molecule has 0 aliphatic carbocycles. The third-order valence-electron chi connectivity index (χ3n) is 6.07. The van der Waals surface area contributed by atoms with Gasteiger partial charge in [0.05, 0.1) is 6.42 Å². The van der Waals surface area contributed by atoms with Crippen LogP contribution < -0.4 is 0 Å². The number of aromatic nitrogens is 4. The summed E-state index contributed by atoms with van der Waals surface area (Å²) in [5, 5.41) is 4.69. The Morgan fingerprint density at radius 2 is 2.00 bits per heavy atom. The van der Waals surface area contributed by atoms with Gasteiger partial charge in [-0.3, -0.25) is 4.79 Å². The Hall–Kier alpha value is -2.76. The van der Waals surface area contributed by atoms with Crippen LogP contribution in [0, 0.1) is 20.8 Å². The predicted octanol–water partition coefficient (Wildman–Crippen LogP) is 4.05. The lowest BCUT2D eigenvalue weighted by Gasteiger charge is -2.35. The Morgan fingerprint density at radius 1 is 1.17 bits per heavy atom. The number of piperidine rings is 1. The van der Waals surface area contributed by atoms with Crippen LogP contribution in [0.15, 0.2) is 24.3 Å². The van der Waals surface area contributed by atoms with Gasteiger partial charge in [0.1, 0.15) is 0 Å². The van der Waals surface area contributed by atoms with Crippen molar-refractivity contribution in [1.29, 1.82) is 0 Å². The number of fused-ring (bicyclic) bond motifs is 1. The maximum absolute atomic E-state index is 13.1. The number of carbonyl (C=O) groups is 1. The Balaban J connectivity index is 1.67. The molecule has 1 amide bonds. The van der Waals surface area contributed by atoms with Crippen molar-refractivity contribution in [1.82, 2.24) is 24.5 Å². The summed E-state index contributed by atoms with van der Waals surface area (Å²) >= 11 is 0. The van der Waals surface area contributed by atoms with E-state index in [4.69, 9.17) is 5.10 Å². The predicted molar refractivity (Wildman–Crippen MR) is 114 cm³/mol. The second kappa shape index (κ2) is 7.93. The van der Waals surface area contributed by atoms with Crippen molar-refractivity contribution >= 4 is 11.7 Å². The van der Waals surface area contributed by atoms with Crippen molar-refractivity contribution in [3.05, 3.63) is 46.8 Å². The molecule has 1 aliphatic rings. The van der Waals surface area contributed by atoms with Gasteiger partial charge in [-0.25, -0.2) is 9.50 Å². The number of hydrogen-bond donors (Lipinski definition) is 0. The molecule has 6 heteroatoms. The molecule has 0 radical (unpaired) electrons. The van der Waals surface area contributed by atoms with Gasteiger partial charge in [0.25, 0.3) is 5.78 Å². The van der Waals surface area contributed by atoms with Crippen molar-refractivity contribution in [2.24, 2.45) is 0 Å². The topological polar surface area (TPSA) is 63.4 Å². The Kier molecular flexibility index (Phi) is 5.35. The summed E-state index contributed by atoms with van der Waals surface area (Å²) in [6, 6.07) is 8.52. The van der Waals surface area contributed by atoms with E-state index in [2.05, 4.69) is 40.8 Å². The van der Waals surface area contributed by atoms with Crippen molar-refractivity contribution in [3.63, 3.8) is 0 Å². The maximum Gasteiger partial charge on any atom is 0.253 e. The average Bonchev–Trinajstić information content (AvgIpc) is 3.15. The number of nitrogens with zero attached hydrogens (tertiary/aromatic N) is 5. The third kappa shape index (κ3) is 3.76. The second-order valence-corrected chi connectivity index (χ2v) is 8.10. The smallest absolute Gasteiger partial charge is 0.253 e. The van der Waals surface area contributed by atoms with Gasteiger partial charge in [0, 0.05) is 35.1 Å². The van der Waals surface area contributed by atoms with E-state index in [1.165, 1.54) is 12.0 Å². The molecule has 3 aromatic rings. The number of aryl methyl sites for hydroxylation is 3. The Labute approximate surface area is 172 Å². The fourth-order valence-corrected chi connectivity index (χ4v) is 4.38. The summed E-state index contributed by atoms with van der Waals surface area (Å²) in [7, 11) is 0. The molecule has 1 saturated heterocycles. The van der Waals surface area contributed by atoms with Gasteiger partial charge in [-0.05, 0) is 52.5 Å². The van der Waals surface area contributed by atoms with Gasteiger partial charge >= 0.3 is 0 Å².